The highest BCUT2D eigenvalue weighted by molar-refractivity contribution is 7.97. The van der Waals surface area contributed by atoms with Crippen LogP contribution < -0.4 is 4.74 Å². The summed E-state index contributed by atoms with van der Waals surface area (Å²) in [5.41, 5.74) is 0.696. The lowest BCUT2D eigenvalue weighted by molar-refractivity contribution is 0.385. The van der Waals surface area contributed by atoms with Crippen molar-refractivity contribution in [2.45, 2.75) is 5.75 Å². The quantitative estimate of drug-likeness (QED) is 0.717. The number of thioether (sulfide) groups is 1. The monoisotopic (exact) mass is 186 g/mol. The van der Waals surface area contributed by atoms with Crippen LogP contribution in [-0.4, -0.2) is 13.4 Å². The van der Waals surface area contributed by atoms with Crippen LogP contribution in [0.2, 0.25) is 0 Å². The maximum Gasteiger partial charge on any atom is 0.169 e. The first-order valence-electron chi connectivity index (χ1n) is 3.60. The number of halogens is 1. The average molecular weight is 186 g/mol. The van der Waals surface area contributed by atoms with Crippen LogP contribution in [0, 0.1) is 5.82 Å². The summed E-state index contributed by atoms with van der Waals surface area (Å²) >= 11 is 1.59. The SMILES string of the molecule is COc1cccc(CSC)c1F. The van der Waals surface area contributed by atoms with Crippen molar-refractivity contribution >= 4 is 11.8 Å². The van der Waals surface area contributed by atoms with E-state index in [2.05, 4.69) is 0 Å². The van der Waals surface area contributed by atoms with Crippen LogP contribution in [0.5, 0.6) is 5.75 Å². The van der Waals surface area contributed by atoms with Gasteiger partial charge in [-0.15, -0.1) is 0 Å². The molecule has 1 aromatic rings. The van der Waals surface area contributed by atoms with Crippen LogP contribution in [-0.2, 0) is 5.75 Å². The molecule has 0 heterocycles. The van der Waals surface area contributed by atoms with Gasteiger partial charge in [-0.1, -0.05) is 12.1 Å². The van der Waals surface area contributed by atoms with Gasteiger partial charge in [0.05, 0.1) is 7.11 Å². The molecule has 0 bridgehead atoms. The molecule has 12 heavy (non-hydrogen) atoms. The Morgan fingerprint density at radius 2 is 2.25 bits per heavy atom. The first-order chi connectivity index (χ1) is 5.79. The summed E-state index contributed by atoms with van der Waals surface area (Å²) in [6, 6.07) is 5.20. The van der Waals surface area contributed by atoms with Crippen molar-refractivity contribution < 1.29 is 9.13 Å². The maximum atomic E-state index is 13.3. The minimum atomic E-state index is -0.241. The first kappa shape index (κ1) is 9.39. The molecule has 66 valence electrons. The molecule has 0 atom stereocenters. The second-order valence-corrected chi connectivity index (χ2v) is 3.23. The van der Waals surface area contributed by atoms with Gasteiger partial charge >= 0.3 is 0 Å². The fraction of sp³-hybridized carbons (Fsp3) is 0.333. The Kier molecular flexibility index (Phi) is 3.41. The number of rotatable bonds is 3. The lowest BCUT2D eigenvalue weighted by atomic mass is 10.2. The minimum absolute atomic E-state index is 0.241. The van der Waals surface area contributed by atoms with E-state index in [1.165, 1.54) is 7.11 Å². The van der Waals surface area contributed by atoms with Gasteiger partial charge in [0.2, 0.25) is 0 Å². The van der Waals surface area contributed by atoms with Crippen molar-refractivity contribution in [3.05, 3.63) is 29.6 Å². The summed E-state index contributed by atoms with van der Waals surface area (Å²) in [6.07, 6.45) is 1.94. The second kappa shape index (κ2) is 4.36. The van der Waals surface area contributed by atoms with Crippen LogP contribution in [0.15, 0.2) is 18.2 Å². The van der Waals surface area contributed by atoms with Crippen LogP contribution in [0.25, 0.3) is 0 Å². The molecule has 1 rings (SSSR count). The Bertz CT molecular complexity index is 263. The molecule has 0 spiro atoms. The highest BCUT2D eigenvalue weighted by Gasteiger charge is 2.06. The minimum Gasteiger partial charge on any atom is -0.494 e. The van der Waals surface area contributed by atoms with Crippen molar-refractivity contribution in [2.24, 2.45) is 0 Å². The van der Waals surface area contributed by atoms with E-state index in [0.29, 0.717) is 17.1 Å². The summed E-state index contributed by atoms with van der Waals surface area (Å²) in [6.45, 7) is 0. The van der Waals surface area contributed by atoms with Gasteiger partial charge in [-0.25, -0.2) is 4.39 Å². The van der Waals surface area contributed by atoms with E-state index in [0.717, 1.165) is 0 Å². The summed E-state index contributed by atoms with van der Waals surface area (Å²) in [7, 11) is 1.47. The Labute approximate surface area is 75.9 Å². The van der Waals surface area contributed by atoms with Gasteiger partial charge < -0.3 is 4.74 Å². The van der Waals surface area contributed by atoms with Crippen LogP contribution in [0.1, 0.15) is 5.56 Å². The standard InChI is InChI=1S/C9H11FOS/c1-11-8-5-3-4-7(6-12-2)9(8)10/h3-5H,6H2,1-2H3. The van der Waals surface area contributed by atoms with Crippen LogP contribution >= 0.6 is 11.8 Å². The highest BCUT2D eigenvalue weighted by atomic mass is 32.2. The van der Waals surface area contributed by atoms with Crippen molar-refractivity contribution in [1.29, 1.82) is 0 Å². The molecule has 0 aliphatic carbocycles. The van der Waals surface area contributed by atoms with E-state index in [-0.39, 0.29) is 5.82 Å². The van der Waals surface area contributed by atoms with E-state index in [1.54, 1.807) is 30.0 Å². The van der Waals surface area contributed by atoms with Gasteiger partial charge in [-0.3, -0.25) is 0 Å². The van der Waals surface area contributed by atoms with Gasteiger partial charge in [-0.2, -0.15) is 11.8 Å². The van der Waals surface area contributed by atoms with Crippen LogP contribution in [0.4, 0.5) is 4.39 Å². The number of ether oxygens (including phenoxy) is 1. The summed E-state index contributed by atoms with van der Waals surface area (Å²) in [5, 5.41) is 0. The van der Waals surface area contributed by atoms with Crippen molar-refractivity contribution in [3.63, 3.8) is 0 Å². The first-order valence-corrected chi connectivity index (χ1v) is 4.99. The van der Waals surface area contributed by atoms with Crippen molar-refractivity contribution in [2.75, 3.05) is 13.4 Å². The Hall–Kier alpha value is -0.700. The van der Waals surface area contributed by atoms with Crippen molar-refractivity contribution in [3.8, 4) is 5.75 Å². The number of hydrogen-bond acceptors (Lipinski definition) is 2. The maximum absolute atomic E-state index is 13.3. The largest absolute Gasteiger partial charge is 0.494 e. The second-order valence-electron chi connectivity index (χ2n) is 2.37. The number of benzene rings is 1. The van der Waals surface area contributed by atoms with Crippen LogP contribution in [0.3, 0.4) is 0 Å². The van der Waals surface area contributed by atoms with Gasteiger partial charge in [0.25, 0.3) is 0 Å². The fourth-order valence-electron chi connectivity index (χ4n) is 0.981. The molecule has 0 aromatic heterocycles. The smallest absolute Gasteiger partial charge is 0.169 e. The van der Waals surface area contributed by atoms with Crippen molar-refractivity contribution in [1.82, 2.24) is 0 Å². The number of hydrogen-bond donors (Lipinski definition) is 0. The fourth-order valence-corrected chi connectivity index (χ4v) is 1.51. The van der Waals surface area contributed by atoms with E-state index in [9.17, 15) is 4.39 Å². The highest BCUT2D eigenvalue weighted by Crippen LogP contribution is 2.22. The predicted molar refractivity (Wildman–Crippen MR) is 50.2 cm³/mol. The Morgan fingerprint density at radius 1 is 1.50 bits per heavy atom. The molecule has 0 aliphatic heterocycles. The Balaban J connectivity index is 2.97. The predicted octanol–water partition coefficient (Wildman–Crippen LogP) is 2.70. The molecular formula is C9H11FOS. The lowest BCUT2D eigenvalue weighted by Gasteiger charge is -2.05. The van der Waals surface area contributed by atoms with Gasteiger partial charge in [0, 0.05) is 11.3 Å². The topological polar surface area (TPSA) is 9.23 Å². The Morgan fingerprint density at radius 3 is 2.83 bits per heavy atom. The molecule has 0 amide bonds. The van der Waals surface area contributed by atoms with E-state index in [4.69, 9.17) is 4.74 Å². The molecule has 3 heteroatoms. The average Bonchev–Trinajstić information content (AvgIpc) is 2.09. The molecule has 0 radical (unpaired) electrons. The zero-order valence-corrected chi connectivity index (χ0v) is 7.95. The third kappa shape index (κ3) is 1.91. The summed E-state index contributed by atoms with van der Waals surface area (Å²) < 4.78 is 18.2. The third-order valence-corrected chi connectivity index (χ3v) is 2.16. The molecule has 1 aromatic carbocycles. The molecule has 1 nitrogen and oxygen atoms in total. The third-order valence-electron chi connectivity index (χ3n) is 1.56. The molecular weight excluding hydrogens is 175 g/mol. The zero-order valence-electron chi connectivity index (χ0n) is 7.13. The summed E-state index contributed by atoms with van der Waals surface area (Å²) in [4.78, 5) is 0. The molecule has 0 saturated heterocycles. The van der Waals surface area contributed by atoms with E-state index in [1.807, 2.05) is 6.26 Å². The van der Waals surface area contributed by atoms with Gasteiger partial charge in [0.15, 0.2) is 11.6 Å². The lowest BCUT2D eigenvalue weighted by Crippen LogP contribution is -1.92. The summed E-state index contributed by atoms with van der Waals surface area (Å²) in [5.74, 6) is 0.763. The molecule has 0 N–H and O–H groups in total. The number of methoxy groups -OCH3 is 1. The molecule has 0 unspecified atom stereocenters. The zero-order chi connectivity index (χ0) is 8.97. The molecule has 0 fully saturated rings. The van der Waals surface area contributed by atoms with Gasteiger partial charge in [-0.05, 0) is 12.3 Å². The normalized spacial score (nSPS) is 9.92. The molecule has 0 saturated carbocycles. The molecule has 0 aliphatic rings. The van der Waals surface area contributed by atoms with Gasteiger partial charge in [0.1, 0.15) is 0 Å². The van der Waals surface area contributed by atoms with E-state index >= 15 is 0 Å². The van der Waals surface area contributed by atoms with E-state index < -0.39 is 0 Å².